The monoisotopic (exact) mass is 310 g/mol. The summed E-state index contributed by atoms with van der Waals surface area (Å²) in [5.74, 6) is 5.58. The van der Waals surface area contributed by atoms with Gasteiger partial charge in [0.05, 0.1) is 18.0 Å². The number of methoxy groups -OCH3 is 1. The Morgan fingerprint density at radius 2 is 2.00 bits per heavy atom. The molecule has 0 spiro atoms. The molecule has 0 fully saturated rings. The summed E-state index contributed by atoms with van der Waals surface area (Å²) in [4.78, 5) is 0.220. The molecule has 1 aromatic carbocycles. The number of hydrogen-bond donors (Lipinski definition) is 2. The molecule has 1 rings (SSSR count). The van der Waals surface area contributed by atoms with E-state index in [2.05, 4.69) is 16.6 Å². The van der Waals surface area contributed by atoms with Crippen molar-refractivity contribution in [2.24, 2.45) is 5.73 Å². The average Bonchev–Trinajstić information content (AvgIpc) is 2.46. The summed E-state index contributed by atoms with van der Waals surface area (Å²) in [6.45, 7) is 2.63. The first-order chi connectivity index (χ1) is 10.0. The maximum atomic E-state index is 12.3. The van der Waals surface area contributed by atoms with Crippen LogP contribution in [0.3, 0.4) is 0 Å². The van der Waals surface area contributed by atoms with Crippen molar-refractivity contribution < 1.29 is 13.2 Å². The number of rotatable bonds is 7. The lowest BCUT2D eigenvalue weighted by Crippen LogP contribution is -2.37. The number of sulfonamides is 1. The quantitative estimate of drug-likeness (QED) is 0.739. The van der Waals surface area contributed by atoms with Crippen molar-refractivity contribution in [3.05, 3.63) is 29.8 Å². The molecule has 0 heterocycles. The lowest BCUT2D eigenvalue weighted by atomic mass is 10.2. The first-order valence-electron chi connectivity index (χ1n) is 6.83. The Kier molecular flexibility index (Phi) is 7.40. The molecule has 0 saturated heterocycles. The summed E-state index contributed by atoms with van der Waals surface area (Å²) in [5, 5.41) is 0. The highest BCUT2D eigenvalue weighted by Gasteiger charge is 2.19. The fraction of sp³-hybridized carbons (Fsp3) is 0.467. The van der Waals surface area contributed by atoms with Crippen molar-refractivity contribution in [2.75, 3.05) is 20.3 Å². The summed E-state index contributed by atoms with van der Waals surface area (Å²) in [6.07, 6.45) is 1.61. The van der Waals surface area contributed by atoms with Crippen LogP contribution in [0.4, 0.5) is 0 Å². The van der Waals surface area contributed by atoms with E-state index >= 15 is 0 Å². The molecule has 0 amide bonds. The van der Waals surface area contributed by atoms with E-state index in [1.165, 1.54) is 0 Å². The van der Waals surface area contributed by atoms with Gasteiger partial charge in [-0.2, -0.15) is 0 Å². The highest BCUT2D eigenvalue weighted by Crippen LogP contribution is 2.12. The summed E-state index contributed by atoms with van der Waals surface area (Å²) in [5.41, 5.74) is 6.03. The second-order valence-corrected chi connectivity index (χ2v) is 6.31. The molecule has 21 heavy (non-hydrogen) atoms. The molecular formula is C15H22N2O3S. The third kappa shape index (κ3) is 5.86. The van der Waals surface area contributed by atoms with Gasteiger partial charge < -0.3 is 10.5 Å². The van der Waals surface area contributed by atoms with Gasteiger partial charge in [-0.25, -0.2) is 13.1 Å². The molecule has 1 unspecified atom stereocenters. The van der Waals surface area contributed by atoms with Gasteiger partial charge in [-0.3, -0.25) is 0 Å². The van der Waals surface area contributed by atoms with Gasteiger partial charge in [0, 0.05) is 18.7 Å². The molecule has 0 aromatic heterocycles. The smallest absolute Gasteiger partial charge is 0.240 e. The van der Waals surface area contributed by atoms with E-state index in [1.807, 2.05) is 6.92 Å². The topological polar surface area (TPSA) is 81.4 Å². The minimum Gasteiger partial charge on any atom is -0.383 e. The number of nitrogens with two attached hydrogens (primary N) is 1. The molecule has 0 aliphatic carbocycles. The number of benzene rings is 1. The zero-order chi connectivity index (χ0) is 15.7. The Labute approximate surface area is 126 Å². The number of hydrogen-bond acceptors (Lipinski definition) is 4. The fourth-order valence-corrected chi connectivity index (χ4v) is 3.14. The molecule has 1 atom stereocenters. The van der Waals surface area contributed by atoms with Crippen molar-refractivity contribution in [1.29, 1.82) is 0 Å². The molecule has 1 aromatic rings. The van der Waals surface area contributed by atoms with Gasteiger partial charge in [0.2, 0.25) is 10.0 Å². The van der Waals surface area contributed by atoms with Crippen LogP contribution in [0.25, 0.3) is 0 Å². The zero-order valence-electron chi connectivity index (χ0n) is 12.4. The van der Waals surface area contributed by atoms with Gasteiger partial charge in [-0.1, -0.05) is 25.2 Å². The summed E-state index contributed by atoms with van der Waals surface area (Å²) in [7, 11) is -1.99. The lowest BCUT2D eigenvalue weighted by molar-refractivity contribution is 0.171. The van der Waals surface area contributed by atoms with Crippen LogP contribution in [0.5, 0.6) is 0 Å². The van der Waals surface area contributed by atoms with Crippen LogP contribution in [-0.4, -0.2) is 34.7 Å². The van der Waals surface area contributed by atoms with Crippen LogP contribution < -0.4 is 10.5 Å². The number of nitrogens with one attached hydrogen (secondary N) is 1. The van der Waals surface area contributed by atoms with Crippen molar-refractivity contribution in [3.63, 3.8) is 0 Å². The SMILES string of the molecule is CCCC(COC)NS(=O)(=O)c1ccc(C#CCN)cc1. The predicted molar refractivity (Wildman–Crippen MR) is 83.3 cm³/mol. The van der Waals surface area contributed by atoms with E-state index in [-0.39, 0.29) is 17.5 Å². The van der Waals surface area contributed by atoms with Gasteiger partial charge in [0.1, 0.15) is 0 Å². The van der Waals surface area contributed by atoms with E-state index in [9.17, 15) is 8.42 Å². The third-order valence-electron chi connectivity index (χ3n) is 2.83. The highest BCUT2D eigenvalue weighted by molar-refractivity contribution is 7.89. The predicted octanol–water partition coefficient (Wildman–Crippen LogP) is 1.09. The zero-order valence-corrected chi connectivity index (χ0v) is 13.2. The molecule has 6 heteroatoms. The Morgan fingerprint density at radius 3 is 2.52 bits per heavy atom. The van der Waals surface area contributed by atoms with Crippen molar-refractivity contribution >= 4 is 10.0 Å². The molecule has 3 N–H and O–H groups in total. The van der Waals surface area contributed by atoms with E-state index in [0.29, 0.717) is 6.61 Å². The first kappa shape index (κ1) is 17.7. The lowest BCUT2D eigenvalue weighted by Gasteiger charge is -2.17. The van der Waals surface area contributed by atoms with Gasteiger partial charge in [-0.15, -0.1) is 0 Å². The summed E-state index contributed by atoms with van der Waals surface area (Å²) < 4.78 is 32.3. The van der Waals surface area contributed by atoms with E-state index < -0.39 is 10.0 Å². The van der Waals surface area contributed by atoms with Crippen LogP contribution in [0, 0.1) is 11.8 Å². The molecular weight excluding hydrogens is 288 g/mol. The van der Waals surface area contributed by atoms with E-state index in [4.69, 9.17) is 10.5 Å². The van der Waals surface area contributed by atoms with Crippen molar-refractivity contribution in [2.45, 2.75) is 30.7 Å². The van der Waals surface area contributed by atoms with E-state index in [0.717, 1.165) is 18.4 Å². The van der Waals surface area contributed by atoms with Gasteiger partial charge in [0.25, 0.3) is 0 Å². The maximum Gasteiger partial charge on any atom is 0.240 e. The Hall–Kier alpha value is -1.39. The number of ether oxygens (including phenoxy) is 1. The maximum absolute atomic E-state index is 12.3. The molecule has 0 saturated carbocycles. The molecule has 5 nitrogen and oxygen atoms in total. The second-order valence-electron chi connectivity index (χ2n) is 4.59. The Bertz CT molecular complexity index is 580. The summed E-state index contributed by atoms with van der Waals surface area (Å²) >= 11 is 0. The minimum absolute atomic E-state index is 0.220. The van der Waals surface area contributed by atoms with Gasteiger partial charge >= 0.3 is 0 Å². The Morgan fingerprint density at radius 1 is 1.33 bits per heavy atom. The van der Waals surface area contributed by atoms with Crippen molar-refractivity contribution in [1.82, 2.24) is 4.72 Å². The van der Waals surface area contributed by atoms with Crippen LogP contribution in [-0.2, 0) is 14.8 Å². The third-order valence-corrected chi connectivity index (χ3v) is 4.36. The molecule has 0 bridgehead atoms. The largest absolute Gasteiger partial charge is 0.383 e. The van der Waals surface area contributed by atoms with Crippen molar-refractivity contribution in [3.8, 4) is 11.8 Å². The Balaban J connectivity index is 2.86. The minimum atomic E-state index is -3.54. The second kappa shape index (κ2) is 8.80. The van der Waals surface area contributed by atoms with E-state index in [1.54, 1.807) is 31.4 Å². The average molecular weight is 310 g/mol. The molecule has 0 radical (unpaired) electrons. The first-order valence-corrected chi connectivity index (χ1v) is 8.32. The standard InChI is InChI=1S/C15H22N2O3S/c1-3-5-14(12-20-2)17-21(18,19)15-9-7-13(8-10-15)6-4-11-16/h7-10,14,17H,3,5,11-12,16H2,1-2H3. The van der Waals surface area contributed by atoms with Crippen LogP contribution in [0.15, 0.2) is 29.2 Å². The van der Waals surface area contributed by atoms with Crippen LogP contribution in [0.2, 0.25) is 0 Å². The molecule has 0 aliphatic heterocycles. The van der Waals surface area contributed by atoms with Crippen LogP contribution >= 0.6 is 0 Å². The highest BCUT2D eigenvalue weighted by atomic mass is 32.2. The van der Waals surface area contributed by atoms with Crippen LogP contribution in [0.1, 0.15) is 25.3 Å². The fourth-order valence-electron chi connectivity index (χ4n) is 1.88. The molecule has 0 aliphatic rings. The van der Waals surface area contributed by atoms with Gasteiger partial charge in [-0.05, 0) is 30.7 Å². The normalized spacial score (nSPS) is 12.5. The summed E-state index contributed by atoms with van der Waals surface area (Å²) in [6, 6.07) is 6.20. The van der Waals surface area contributed by atoms with Gasteiger partial charge in [0.15, 0.2) is 0 Å². The molecule has 116 valence electrons.